The zero-order chi connectivity index (χ0) is 23.8. The van der Waals surface area contributed by atoms with Crippen LogP contribution in [0.4, 0.5) is 0 Å². The van der Waals surface area contributed by atoms with Gasteiger partial charge in [0.1, 0.15) is 12.4 Å². The molecule has 0 bridgehead atoms. The first-order chi connectivity index (χ1) is 15.8. The molecule has 0 unspecified atom stereocenters. The van der Waals surface area contributed by atoms with E-state index in [0.717, 1.165) is 29.8 Å². The summed E-state index contributed by atoms with van der Waals surface area (Å²) in [7, 11) is 8.11. The topological polar surface area (TPSA) is 32.8 Å². The summed E-state index contributed by atoms with van der Waals surface area (Å²) in [6.07, 6.45) is 3.50. The lowest BCUT2D eigenvalue weighted by atomic mass is 9.97. The van der Waals surface area contributed by atoms with Gasteiger partial charge in [0, 0.05) is 13.1 Å². The number of allylic oxidation sites excluding steroid dienone is 1. The molecule has 0 aliphatic carbocycles. The second-order valence-corrected chi connectivity index (χ2v) is 8.85. The minimum atomic E-state index is -0.0670. The summed E-state index contributed by atoms with van der Waals surface area (Å²) in [6.45, 7) is 4.27. The molecule has 4 nitrogen and oxygen atoms in total. The molecule has 0 saturated heterocycles. The third-order valence-electron chi connectivity index (χ3n) is 5.40. The first kappa shape index (κ1) is 24.4. The van der Waals surface area contributed by atoms with Crippen LogP contribution in [-0.4, -0.2) is 56.9 Å². The number of benzene rings is 3. The van der Waals surface area contributed by atoms with E-state index in [1.54, 1.807) is 6.08 Å². The average molecular weight is 443 g/mol. The molecule has 0 heterocycles. The third kappa shape index (κ3) is 7.14. The fraction of sp³-hybridized carbons (Fsp3) is 0.276. The van der Waals surface area contributed by atoms with E-state index in [1.165, 1.54) is 11.1 Å². The highest BCUT2D eigenvalue weighted by atomic mass is 16.5. The Morgan fingerprint density at radius 2 is 1.64 bits per heavy atom. The molecular weight excluding hydrogens is 408 g/mol. The van der Waals surface area contributed by atoms with Crippen molar-refractivity contribution in [1.29, 1.82) is 0 Å². The van der Waals surface area contributed by atoms with E-state index >= 15 is 0 Å². The van der Waals surface area contributed by atoms with Gasteiger partial charge in [-0.2, -0.15) is 0 Å². The standard InChI is InChI=1S/C29H34N2O2/c1-22-8-6-7-9-26(22)25-15-17-29(33-19-18-30(2)3)27(20-25)28(32)16-14-23-10-12-24(13-11-23)21-31(4)5/h6-17,20H,18-19,21H2,1-5H3. The van der Waals surface area contributed by atoms with Gasteiger partial charge in [0.15, 0.2) is 5.78 Å². The Labute approximate surface area is 198 Å². The predicted octanol–water partition coefficient (Wildman–Crippen LogP) is 5.56. The molecule has 0 radical (unpaired) electrons. The van der Waals surface area contributed by atoms with Crippen LogP contribution in [0.1, 0.15) is 27.0 Å². The highest BCUT2D eigenvalue weighted by molar-refractivity contribution is 6.09. The van der Waals surface area contributed by atoms with Crippen molar-refractivity contribution in [3.05, 3.63) is 95.1 Å². The number of hydrogen-bond donors (Lipinski definition) is 0. The zero-order valence-electron chi connectivity index (χ0n) is 20.3. The number of ether oxygens (including phenoxy) is 1. The van der Waals surface area contributed by atoms with Crippen molar-refractivity contribution >= 4 is 11.9 Å². The van der Waals surface area contributed by atoms with E-state index in [0.29, 0.717) is 17.9 Å². The van der Waals surface area contributed by atoms with Crippen molar-refractivity contribution < 1.29 is 9.53 Å². The summed E-state index contributed by atoms with van der Waals surface area (Å²) in [5, 5.41) is 0. The van der Waals surface area contributed by atoms with Crippen molar-refractivity contribution in [2.75, 3.05) is 41.3 Å². The smallest absolute Gasteiger partial charge is 0.189 e. The van der Waals surface area contributed by atoms with Gasteiger partial charge in [0.25, 0.3) is 0 Å². The summed E-state index contributed by atoms with van der Waals surface area (Å²) in [4.78, 5) is 17.4. The van der Waals surface area contributed by atoms with Gasteiger partial charge in [0.05, 0.1) is 5.56 Å². The van der Waals surface area contributed by atoms with E-state index < -0.39 is 0 Å². The highest BCUT2D eigenvalue weighted by Crippen LogP contribution is 2.29. The lowest BCUT2D eigenvalue weighted by Crippen LogP contribution is -2.20. The minimum absolute atomic E-state index is 0.0670. The third-order valence-corrected chi connectivity index (χ3v) is 5.40. The molecular formula is C29H34N2O2. The monoisotopic (exact) mass is 442 g/mol. The van der Waals surface area contributed by atoms with Crippen LogP contribution in [0.5, 0.6) is 5.75 Å². The quantitative estimate of drug-likeness (QED) is 0.304. The van der Waals surface area contributed by atoms with Gasteiger partial charge in [-0.3, -0.25) is 4.79 Å². The molecule has 0 aromatic heterocycles. The van der Waals surface area contributed by atoms with Crippen LogP contribution < -0.4 is 4.74 Å². The van der Waals surface area contributed by atoms with Gasteiger partial charge >= 0.3 is 0 Å². The van der Waals surface area contributed by atoms with E-state index in [9.17, 15) is 4.79 Å². The van der Waals surface area contributed by atoms with Crippen molar-refractivity contribution in [2.45, 2.75) is 13.5 Å². The molecule has 172 valence electrons. The molecule has 3 aromatic rings. The number of likely N-dealkylation sites (N-methyl/N-ethyl adjacent to an activating group) is 1. The Balaban J connectivity index is 1.87. The fourth-order valence-corrected chi connectivity index (χ4v) is 3.61. The Morgan fingerprint density at radius 1 is 0.909 bits per heavy atom. The number of aryl methyl sites for hydroxylation is 1. The summed E-state index contributed by atoms with van der Waals surface area (Å²) in [5.74, 6) is 0.549. The van der Waals surface area contributed by atoms with Gasteiger partial charge in [-0.25, -0.2) is 0 Å². The molecule has 0 fully saturated rings. The number of ketones is 1. The molecule has 0 saturated carbocycles. The summed E-state index contributed by atoms with van der Waals surface area (Å²) in [5.41, 5.74) is 6.12. The first-order valence-electron chi connectivity index (χ1n) is 11.3. The summed E-state index contributed by atoms with van der Waals surface area (Å²) < 4.78 is 5.99. The lowest BCUT2D eigenvalue weighted by Gasteiger charge is -2.15. The normalized spacial score (nSPS) is 11.5. The van der Waals surface area contributed by atoms with E-state index in [1.807, 2.05) is 62.6 Å². The molecule has 33 heavy (non-hydrogen) atoms. The second kappa shape index (κ2) is 11.6. The Bertz CT molecular complexity index is 1100. The molecule has 0 amide bonds. The maximum atomic E-state index is 13.2. The molecule has 0 aliphatic rings. The predicted molar refractivity (Wildman–Crippen MR) is 138 cm³/mol. The Hall–Kier alpha value is -3.21. The number of hydrogen-bond acceptors (Lipinski definition) is 4. The van der Waals surface area contributed by atoms with Gasteiger partial charge < -0.3 is 14.5 Å². The first-order valence-corrected chi connectivity index (χ1v) is 11.3. The van der Waals surface area contributed by atoms with Gasteiger partial charge in [-0.05, 0) is 81.1 Å². The largest absolute Gasteiger partial charge is 0.491 e. The maximum Gasteiger partial charge on any atom is 0.189 e. The van der Waals surface area contributed by atoms with Crippen molar-refractivity contribution in [2.24, 2.45) is 0 Å². The number of rotatable bonds is 10. The van der Waals surface area contributed by atoms with Crippen molar-refractivity contribution in [3.8, 4) is 16.9 Å². The zero-order valence-corrected chi connectivity index (χ0v) is 20.3. The molecule has 3 rings (SSSR count). The SMILES string of the molecule is Cc1ccccc1-c1ccc(OCCN(C)C)c(C(=O)C=Cc2ccc(CN(C)C)cc2)c1. The molecule has 0 aliphatic heterocycles. The van der Waals surface area contributed by atoms with Crippen LogP contribution in [0, 0.1) is 6.92 Å². The molecule has 4 heteroatoms. The van der Waals surface area contributed by atoms with E-state index in [2.05, 4.69) is 55.1 Å². The second-order valence-electron chi connectivity index (χ2n) is 8.85. The average Bonchev–Trinajstić information content (AvgIpc) is 2.78. The number of nitrogens with zero attached hydrogens (tertiary/aromatic N) is 2. The molecule has 0 spiro atoms. The minimum Gasteiger partial charge on any atom is -0.491 e. The van der Waals surface area contributed by atoms with Crippen LogP contribution in [0.25, 0.3) is 17.2 Å². The lowest BCUT2D eigenvalue weighted by molar-refractivity contribution is 0.104. The van der Waals surface area contributed by atoms with E-state index in [4.69, 9.17) is 4.74 Å². The Kier molecular flexibility index (Phi) is 8.58. The highest BCUT2D eigenvalue weighted by Gasteiger charge is 2.13. The number of carbonyl (C=O) groups excluding carboxylic acids is 1. The fourth-order valence-electron chi connectivity index (χ4n) is 3.61. The van der Waals surface area contributed by atoms with Gasteiger partial charge in [-0.1, -0.05) is 60.7 Å². The van der Waals surface area contributed by atoms with Crippen LogP contribution in [0.15, 0.2) is 72.8 Å². The van der Waals surface area contributed by atoms with Crippen molar-refractivity contribution in [1.82, 2.24) is 9.80 Å². The van der Waals surface area contributed by atoms with Crippen LogP contribution in [0.2, 0.25) is 0 Å². The van der Waals surface area contributed by atoms with Crippen LogP contribution in [0.3, 0.4) is 0 Å². The summed E-state index contributed by atoms with van der Waals surface area (Å²) >= 11 is 0. The van der Waals surface area contributed by atoms with Gasteiger partial charge in [0.2, 0.25) is 0 Å². The van der Waals surface area contributed by atoms with E-state index in [-0.39, 0.29) is 5.78 Å². The number of carbonyl (C=O) groups is 1. The molecule has 0 N–H and O–H groups in total. The van der Waals surface area contributed by atoms with Crippen LogP contribution in [-0.2, 0) is 6.54 Å². The van der Waals surface area contributed by atoms with Crippen LogP contribution >= 0.6 is 0 Å². The maximum absolute atomic E-state index is 13.2. The molecule has 0 atom stereocenters. The Morgan fingerprint density at radius 3 is 2.30 bits per heavy atom. The molecule has 3 aromatic carbocycles. The van der Waals surface area contributed by atoms with Crippen molar-refractivity contribution in [3.63, 3.8) is 0 Å². The summed E-state index contributed by atoms with van der Waals surface area (Å²) in [6, 6.07) is 22.4. The van der Waals surface area contributed by atoms with Gasteiger partial charge in [-0.15, -0.1) is 0 Å².